The summed E-state index contributed by atoms with van der Waals surface area (Å²) in [6.45, 7) is 14.2. The van der Waals surface area contributed by atoms with Crippen molar-refractivity contribution in [1.82, 2.24) is 0 Å². The van der Waals surface area contributed by atoms with Crippen LogP contribution in [0.15, 0.2) is 0 Å². The van der Waals surface area contributed by atoms with E-state index in [-0.39, 0.29) is 0 Å². The standard InChI is InChI=1S/C13H28/c1-7-12(8-2)13(6,9-3)10-11(4)5/h11-12H,7-10H2,1-6H3. The fourth-order valence-electron chi connectivity index (χ4n) is 2.81. The van der Waals surface area contributed by atoms with Crippen LogP contribution in [0.25, 0.3) is 0 Å². The van der Waals surface area contributed by atoms with Crippen molar-refractivity contribution in [3.63, 3.8) is 0 Å². The molecule has 0 amide bonds. The largest absolute Gasteiger partial charge is 0.0651 e. The quantitative estimate of drug-likeness (QED) is 0.551. The predicted molar refractivity (Wildman–Crippen MR) is 61.9 cm³/mol. The van der Waals surface area contributed by atoms with Crippen molar-refractivity contribution >= 4 is 0 Å². The normalized spacial score (nSPS) is 16.6. The molecular weight excluding hydrogens is 156 g/mol. The summed E-state index contributed by atoms with van der Waals surface area (Å²) in [5.74, 6) is 1.76. The van der Waals surface area contributed by atoms with E-state index in [0.29, 0.717) is 5.41 Å². The zero-order valence-electron chi connectivity index (χ0n) is 10.5. The Balaban J connectivity index is 4.39. The van der Waals surface area contributed by atoms with Crippen LogP contribution in [0.4, 0.5) is 0 Å². The second kappa shape index (κ2) is 5.67. The van der Waals surface area contributed by atoms with Gasteiger partial charge < -0.3 is 0 Å². The molecule has 0 aliphatic rings. The van der Waals surface area contributed by atoms with Gasteiger partial charge in [0.15, 0.2) is 0 Å². The third-order valence-electron chi connectivity index (χ3n) is 3.65. The lowest BCUT2D eigenvalue weighted by Gasteiger charge is -2.37. The van der Waals surface area contributed by atoms with E-state index in [1.165, 1.54) is 25.7 Å². The highest BCUT2D eigenvalue weighted by Crippen LogP contribution is 2.40. The summed E-state index contributed by atoms with van der Waals surface area (Å²) in [5, 5.41) is 0. The Morgan fingerprint density at radius 2 is 1.46 bits per heavy atom. The molecule has 0 aliphatic carbocycles. The predicted octanol–water partition coefficient (Wildman–Crippen LogP) is 4.89. The van der Waals surface area contributed by atoms with Crippen molar-refractivity contribution in [2.75, 3.05) is 0 Å². The van der Waals surface area contributed by atoms with Gasteiger partial charge in [-0.1, -0.05) is 60.8 Å². The van der Waals surface area contributed by atoms with Crippen molar-refractivity contribution in [3.05, 3.63) is 0 Å². The smallest absolute Gasteiger partial charge is 0.0298 e. The molecular formula is C13H28. The molecule has 0 rings (SSSR count). The first-order chi connectivity index (χ1) is 6.00. The summed E-state index contributed by atoms with van der Waals surface area (Å²) < 4.78 is 0. The average Bonchev–Trinajstić information content (AvgIpc) is 2.05. The lowest BCUT2D eigenvalue weighted by molar-refractivity contribution is 0.130. The first-order valence-electron chi connectivity index (χ1n) is 6.00. The van der Waals surface area contributed by atoms with Crippen LogP contribution in [0.1, 0.15) is 67.2 Å². The van der Waals surface area contributed by atoms with Gasteiger partial charge in [-0.05, 0) is 23.7 Å². The van der Waals surface area contributed by atoms with Gasteiger partial charge in [-0.2, -0.15) is 0 Å². The van der Waals surface area contributed by atoms with Crippen LogP contribution < -0.4 is 0 Å². The van der Waals surface area contributed by atoms with Crippen LogP contribution in [-0.2, 0) is 0 Å². The minimum Gasteiger partial charge on any atom is -0.0651 e. The first-order valence-corrected chi connectivity index (χ1v) is 6.00. The molecule has 0 heterocycles. The summed E-state index contributed by atoms with van der Waals surface area (Å²) in [7, 11) is 0. The molecule has 1 unspecified atom stereocenters. The van der Waals surface area contributed by atoms with E-state index >= 15 is 0 Å². The second-order valence-corrected chi connectivity index (χ2v) is 5.12. The van der Waals surface area contributed by atoms with Gasteiger partial charge in [0.2, 0.25) is 0 Å². The van der Waals surface area contributed by atoms with Crippen LogP contribution in [0.5, 0.6) is 0 Å². The fourth-order valence-corrected chi connectivity index (χ4v) is 2.81. The Morgan fingerprint density at radius 3 is 1.69 bits per heavy atom. The van der Waals surface area contributed by atoms with Crippen molar-refractivity contribution in [3.8, 4) is 0 Å². The molecule has 0 aliphatic heterocycles. The molecule has 0 spiro atoms. The lowest BCUT2D eigenvalue weighted by atomic mass is 9.68. The highest BCUT2D eigenvalue weighted by molar-refractivity contribution is 4.80. The number of rotatable bonds is 6. The molecule has 0 aromatic rings. The molecule has 0 aromatic heterocycles. The highest BCUT2D eigenvalue weighted by atomic mass is 14.4. The third kappa shape index (κ3) is 3.70. The van der Waals surface area contributed by atoms with Crippen molar-refractivity contribution in [2.24, 2.45) is 17.3 Å². The monoisotopic (exact) mass is 184 g/mol. The minimum absolute atomic E-state index is 0.581. The number of hydrogen-bond donors (Lipinski definition) is 0. The van der Waals surface area contributed by atoms with E-state index < -0.39 is 0 Å². The third-order valence-corrected chi connectivity index (χ3v) is 3.65. The molecule has 0 N–H and O–H groups in total. The molecule has 0 saturated carbocycles. The maximum atomic E-state index is 2.48. The van der Waals surface area contributed by atoms with Gasteiger partial charge in [0, 0.05) is 0 Å². The first kappa shape index (κ1) is 13.0. The van der Waals surface area contributed by atoms with E-state index in [1.54, 1.807) is 0 Å². The summed E-state index contributed by atoms with van der Waals surface area (Å²) >= 11 is 0. The van der Waals surface area contributed by atoms with E-state index in [9.17, 15) is 0 Å². The van der Waals surface area contributed by atoms with Crippen LogP contribution >= 0.6 is 0 Å². The van der Waals surface area contributed by atoms with Crippen LogP contribution in [-0.4, -0.2) is 0 Å². The van der Waals surface area contributed by atoms with Crippen LogP contribution in [0, 0.1) is 17.3 Å². The fraction of sp³-hybridized carbons (Fsp3) is 1.00. The Bertz CT molecular complexity index is 122. The van der Waals surface area contributed by atoms with Gasteiger partial charge in [-0.15, -0.1) is 0 Å². The minimum atomic E-state index is 0.581. The molecule has 0 bridgehead atoms. The second-order valence-electron chi connectivity index (χ2n) is 5.12. The average molecular weight is 184 g/mol. The number of hydrogen-bond acceptors (Lipinski definition) is 0. The molecule has 13 heavy (non-hydrogen) atoms. The summed E-state index contributed by atoms with van der Waals surface area (Å²) in [5.41, 5.74) is 0.581. The van der Waals surface area contributed by atoms with E-state index in [2.05, 4.69) is 41.5 Å². The van der Waals surface area contributed by atoms with E-state index in [1.807, 2.05) is 0 Å². The molecule has 0 heteroatoms. The van der Waals surface area contributed by atoms with Gasteiger partial charge in [-0.3, -0.25) is 0 Å². The van der Waals surface area contributed by atoms with Crippen LogP contribution in [0.3, 0.4) is 0 Å². The molecule has 0 fully saturated rings. The Kier molecular flexibility index (Phi) is 5.67. The van der Waals surface area contributed by atoms with E-state index in [4.69, 9.17) is 0 Å². The van der Waals surface area contributed by atoms with Crippen molar-refractivity contribution in [1.29, 1.82) is 0 Å². The molecule has 0 nitrogen and oxygen atoms in total. The highest BCUT2D eigenvalue weighted by Gasteiger charge is 2.30. The lowest BCUT2D eigenvalue weighted by Crippen LogP contribution is -2.27. The Hall–Kier alpha value is 0. The Labute approximate surface area is 85.1 Å². The molecule has 80 valence electrons. The van der Waals surface area contributed by atoms with Crippen LogP contribution in [0.2, 0.25) is 0 Å². The summed E-state index contributed by atoms with van der Waals surface area (Å²) in [4.78, 5) is 0. The molecule has 0 saturated heterocycles. The van der Waals surface area contributed by atoms with Gasteiger partial charge in [0.05, 0.1) is 0 Å². The van der Waals surface area contributed by atoms with Gasteiger partial charge in [-0.25, -0.2) is 0 Å². The zero-order valence-corrected chi connectivity index (χ0v) is 10.5. The molecule has 1 atom stereocenters. The molecule has 0 radical (unpaired) electrons. The Morgan fingerprint density at radius 1 is 1.00 bits per heavy atom. The maximum Gasteiger partial charge on any atom is -0.0298 e. The SMILES string of the molecule is CCC(CC)C(C)(CC)CC(C)C. The summed E-state index contributed by atoms with van der Waals surface area (Å²) in [6, 6.07) is 0. The van der Waals surface area contributed by atoms with Crippen molar-refractivity contribution < 1.29 is 0 Å². The topological polar surface area (TPSA) is 0 Å². The summed E-state index contributed by atoms with van der Waals surface area (Å²) in [6.07, 6.45) is 5.40. The molecule has 0 aromatic carbocycles. The van der Waals surface area contributed by atoms with E-state index in [0.717, 1.165) is 11.8 Å². The van der Waals surface area contributed by atoms with Crippen molar-refractivity contribution in [2.45, 2.75) is 67.2 Å². The van der Waals surface area contributed by atoms with Gasteiger partial charge in [0.25, 0.3) is 0 Å². The zero-order chi connectivity index (χ0) is 10.5. The van der Waals surface area contributed by atoms with Gasteiger partial charge >= 0.3 is 0 Å². The maximum absolute atomic E-state index is 2.48. The van der Waals surface area contributed by atoms with Gasteiger partial charge in [0.1, 0.15) is 0 Å².